The van der Waals surface area contributed by atoms with Crippen molar-refractivity contribution >= 4 is 16.2 Å². The number of nitrogens with one attached hydrogen (secondary N) is 1. The monoisotopic (exact) mass is 265 g/mol. The third kappa shape index (κ3) is 3.91. The number of nitrogens with two attached hydrogens (primary N) is 1. The first-order valence-electron chi connectivity index (χ1n) is 5.54. The number of nitrogens with zero attached hydrogens (tertiary/aromatic N) is 1. The highest BCUT2D eigenvalue weighted by atomic mass is 32.2. The molecule has 0 amide bonds. The van der Waals surface area contributed by atoms with Crippen LogP contribution in [0.4, 0.5) is 0 Å². The van der Waals surface area contributed by atoms with Gasteiger partial charge in [0.1, 0.15) is 0 Å². The molecule has 1 aliphatic heterocycles. The fraction of sp³-hybridized carbons (Fsp3) is 0.889. The van der Waals surface area contributed by atoms with E-state index in [9.17, 15) is 13.2 Å². The number of esters is 1. The molecule has 0 spiro atoms. The molecule has 1 fully saturated rings. The summed E-state index contributed by atoms with van der Waals surface area (Å²) in [7, 11) is -2.11. The van der Waals surface area contributed by atoms with E-state index in [1.165, 1.54) is 11.4 Å². The van der Waals surface area contributed by atoms with Crippen molar-refractivity contribution in [3.8, 4) is 0 Å². The minimum atomic E-state index is -3.45. The lowest BCUT2D eigenvalue weighted by Crippen LogP contribution is -2.47. The van der Waals surface area contributed by atoms with Gasteiger partial charge in [0.05, 0.1) is 13.0 Å². The Hall–Kier alpha value is -0.700. The molecule has 100 valence electrons. The van der Waals surface area contributed by atoms with E-state index < -0.39 is 10.2 Å². The van der Waals surface area contributed by atoms with Gasteiger partial charge >= 0.3 is 5.97 Å². The fourth-order valence-electron chi connectivity index (χ4n) is 1.78. The maximum Gasteiger partial charge on any atom is 0.308 e. The molecule has 0 aromatic heterocycles. The molecule has 0 aliphatic carbocycles. The maximum absolute atomic E-state index is 11.7. The number of rotatable bonds is 5. The highest BCUT2D eigenvalue weighted by Gasteiger charge is 2.31. The Morgan fingerprint density at radius 3 is 2.53 bits per heavy atom. The second kappa shape index (κ2) is 6.29. The van der Waals surface area contributed by atoms with Crippen LogP contribution in [0.15, 0.2) is 0 Å². The molecule has 17 heavy (non-hydrogen) atoms. The molecule has 7 nitrogen and oxygen atoms in total. The third-order valence-electron chi connectivity index (χ3n) is 2.76. The van der Waals surface area contributed by atoms with Gasteiger partial charge < -0.3 is 10.5 Å². The SMILES string of the molecule is COC(=O)C1CCN(S(=O)(=O)NCCN)CC1. The molecule has 8 heteroatoms. The topological polar surface area (TPSA) is 102 Å². The number of carbonyl (C=O) groups excluding carboxylic acids is 1. The number of carbonyl (C=O) groups is 1. The lowest BCUT2D eigenvalue weighted by Gasteiger charge is -2.29. The molecule has 1 heterocycles. The zero-order chi connectivity index (χ0) is 12.9. The van der Waals surface area contributed by atoms with Crippen LogP contribution in [0.2, 0.25) is 0 Å². The van der Waals surface area contributed by atoms with Gasteiger partial charge in [0.15, 0.2) is 0 Å². The van der Waals surface area contributed by atoms with E-state index in [1.807, 2.05) is 0 Å². The predicted octanol–water partition coefficient (Wildman–Crippen LogP) is -1.34. The van der Waals surface area contributed by atoms with Crippen LogP contribution in [0.1, 0.15) is 12.8 Å². The summed E-state index contributed by atoms with van der Waals surface area (Å²) in [4.78, 5) is 11.3. The molecule has 3 N–H and O–H groups in total. The Morgan fingerprint density at radius 2 is 2.06 bits per heavy atom. The number of methoxy groups -OCH3 is 1. The van der Waals surface area contributed by atoms with Gasteiger partial charge in [0, 0.05) is 26.2 Å². The summed E-state index contributed by atoms with van der Waals surface area (Å²) in [5.41, 5.74) is 5.24. The van der Waals surface area contributed by atoms with E-state index in [2.05, 4.69) is 9.46 Å². The lowest BCUT2D eigenvalue weighted by atomic mass is 9.99. The summed E-state index contributed by atoms with van der Waals surface area (Å²) in [6, 6.07) is 0. The van der Waals surface area contributed by atoms with E-state index in [0.29, 0.717) is 25.9 Å². The van der Waals surface area contributed by atoms with Crippen LogP contribution >= 0.6 is 0 Å². The molecule has 0 radical (unpaired) electrons. The van der Waals surface area contributed by atoms with Crippen LogP contribution < -0.4 is 10.5 Å². The lowest BCUT2D eigenvalue weighted by molar-refractivity contribution is -0.146. The van der Waals surface area contributed by atoms with Crippen LogP contribution in [0, 0.1) is 5.92 Å². The second-order valence-corrected chi connectivity index (χ2v) is 5.64. The van der Waals surface area contributed by atoms with Crippen molar-refractivity contribution < 1.29 is 17.9 Å². The largest absolute Gasteiger partial charge is 0.469 e. The summed E-state index contributed by atoms with van der Waals surface area (Å²) in [5, 5.41) is 0. The van der Waals surface area contributed by atoms with Crippen LogP contribution in [0.3, 0.4) is 0 Å². The van der Waals surface area contributed by atoms with Crippen molar-refractivity contribution in [2.24, 2.45) is 11.7 Å². The summed E-state index contributed by atoms with van der Waals surface area (Å²) >= 11 is 0. The van der Waals surface area contributed by atoms with Crippen molar-refractivity contribution in [1.82, 2.24) is 9.03 Å². The highest BCUT2D eigenvalue weighted by Crippen LogP contribution is 2.19. The first-order valence-corrected chi connectivity index (χ1v) is 6.98. The number of hydrogen-bond acceptors (Lipinski definition) is 5. The quantitative estimate of drug-likeness (QED) is 0.599. The van der Waals surface area contributed by atoms with Gasteiger partial charge in [-0.3, -0.25) is 4.79 Å². The van der Waals surface area contributed by atoms with Crippen molar-refractivity contribution in [1.29, 1.82) is 0 Å². The average molecular weight is 265 g/mol. The molecular formula is C9H19N3O4S. The second-order valence-electron chi connectivity index (χ2n) is 3.88. The molecular weight excluding hydrogens is 246 g/mol. The zero-order valence-electron chi connectivity index (χ0n) is 9.89. The van der Waals surface area contributed by atoms with Crippen molar-refractivity contribution in [2.75, 3.05) is 33.3 Å². The Balaban J connectivity index is 2.49. The smallest absolute Gasteiger partial charge is 0.308 e. The zero-order valence-corrected chi connectivity index (χ0v) is 10.7. The summed E-state index contributed by atoms with van der Waals surface area (Å²) in [6.45, 7) is 1.15. The molecule has 0 aromatic carbocycles. The average Bonchev–Trinajstić information content (AvgIpc) is 2.35. The maximum atomic E-state index is 11.7. The molecule has 0 bridgehead atoms. The van der Waals surface area contributed by atoms with Gasteiger partial charge in [0.25, 0.3) is 10.2 Å². The normalized spacial score (nSPS) is 19.2. The molecule has 0 unspecified atom stereocenters. The van der Waals surface area contributed by atoms with Gasteiger partial charge in [-0.2, -0.15) is 12.7 Å². The summed E-state index contributed by atoms with van der Waals surface area (Å²) in [6.07, 6.45) is 0.992. The first-order chi connectivity index (χ1) is 8.01. The van der Waals surface area contributed by atoms with Crippen LogP contribution in [0.25, 0.3) is 0 Å². The standard InChI is InChI=1S/C9H19N3O4S/c1-16-9(13)8-2-6-12(7-3-8)17(14,15)11-5-4-10/h8,11H,2-7,10H2,1H3. The van der Waals surface area contributed by atoms with Gasteiger partial charge in [-0.05, 0) is 12.8 Å². The molecule has 1 saturated heterocycles. The van der Waals surface area contributed by atoms with Gasteiger partial charge in [-0.25, -0.2) is 4.72 Å². The molecule has 0 aromatic rings. The van der Waals surface area contributed by atoms with Crippen molar-refractivity contribution in [3.05, 3.63) is 0 Å². The fourth-order valence-corrected chi connectivity index (χ4v) is 3.03. The van der Waals surface area contributed by atoms with E-state index >= 15 is 0 Å². The van der Waals surface area contributed by atoms with E-state index in [4.69, 9.17) is 5.73 Å². The minimum absolute atomic E-state index is 0.194. The van der Waals surface area contributed by atoms with E-state index in [1.54, 1.807) is 0 Å². The van der Waals surface area contributed by atoms with Crippen LogP contribution in [-0.2, 0) is 19.7 Å². The molecule has 0 atom stereocenters. The third-order valence-corrected chi connectivity index (χ3v) is 4.37. The van der Waals surface area contributed by atoms with Gasteiger partial charge in [-0.1, -0.05) is 0 Å². The molecule has 0 saturated carbocycles. The Labute approximate surface area is 101 Å². The Bertz CT molecular complexity index is 349. The van der Waals surface area contributed by atoms with E-state index in [-0.39, 0.29) is 25.0 Å². The van der Waals surface area contributed by atoms with Gasteiger partial charge in [-0.15, -0.1) is 0 Å². The Morgan fingerprint density at radius 1 is 1.47 bits per heavy atom. The first kappa shape index (κ1) is 14.4. The molecule has 1 rings (SSSR count). The van der Waals surface area contributed by atoms with Crippen molar-refractivity contribution in [3.63, 3.8) is 0 Å². The number of piperidine rings is 1. The molecule has 1 aliphatic rings. The van der Waals surface area contributed by atoms with E-state index in [0.717, 1.165) is 0 Å². The highest BCUT2D eigenvalue weighted by molar-refractivity contribution is 7.87. The van der Waals surface area contributed by atoms with Crippen molar-refractivity contribution in [2.45, 2.75) is 12.8 Å². The predicted molar refractivity (Wildman–Crippen MR) is 62.3 cm³/mol. The summed E-state index contributed by atoms with van der Waals surface area (Å²) in [5.74, 6) is -0.460. The van der Waals surface area contributed by atoms with Crippen LogP contribution in [-0.4, -0.2) is 52.0 Å². The summed E-state index contributed by atoms with van der Waals surface area (Å²) < 4.78 is 31.8. The Kier molecular flexibility index (Phi) is 5.31. The number of ether oxygens (including phenoxy) is 1. The minimum Gasteiger partial charge on any atom is -0.469 e. The van der Waals surface area contributed by atoms with Gasteiger partial charge in [0.2, 0.25) is 0 Å². The van der Waals surface area contributed by atoms with Crippen LogP contribution in [0.5, 0.6) is 0 Å². The number of hydrogen-bond donors (Lipinski definition) is 2.